The fourth-order valence-electron chi connectivity index (χ4n) is 3.12. The molecule has 1 aliphatic heterocycles. The first kappa shape index (κ1) is 19.8. The summed E-state index contributed by atoms with van der Waals surface area (Å²) in [7, 11) is 0. The van der Waals surface area contributed by atoms with E-state index in [1.54, 1.807) is 5.48 Å². The summed E-state index contributed by atoms with van der Waals surface area (Å²) in [5.41, 5.74) is 2.37. The highest BCUT2D eigenvalue weighted by atomic mass is 16.6. The van der Waals surface area contributed by atoms with Crippen LogP contribution >= 0.6 is 0 Å². The summed E-state index contributed by atoms with van der Waals surface area (Å²) in [6.45, 7) is 0.441. The molecule has 3 atom stereocenters. The summed E-state index contributed by atoms with van der Waals surface area (Å²) in [5.74, 6) is -0.676. The van der Waals surface area contributed by atoms with Gasteiger partial charge in [0.25, 0.3) is 0 Å². The number of carbonyl (C=O) groups excluding carboxylic acids is 2. The summed E-state index contributed by atoms with van der Waals surface area (Å²) < 4.78 is 0. The molecule has 0 aromatic heterocycles. The van der Waals surface area contributed by atoms with E-state index in [0.29, 0.717) is 19.4 Å². The number of nitrogens with one attached hydrogen (secondary N) is 3. The average Bonchev–Trinajstić information content (AvgIpc) is 3.10. The Morgan fingerprint density at radius 2 is 1.96 bits per heavy atom. The lowest BCUT2D eigenvalue weighted by atomic mass is 10.0. The molecule has 1 aromatic carbocycles. The van der Waals surface area contributed by atoms with Crippen LogP contribution in [-0.2, 0) is 9.59 Å². The summed E-state index contributed by atoms with van der Waals surface area (Å²) in [6.07, 6.45) is 2.42. The molecule has 0 aliphatic carbocycles. The molecule has 0 spiro atoms. The second-order valence-electron chi connectivity index (χ2n) is 6.33. The summed E-state index contributed by atoms with van der Waals surface area (Å²) in [4.78, 5) is 34.2. The molecule has 2 rings (SSSR count). The van der Waals surface area contributed by atoms with Gasteiger partial charge in [0.2, 0.25) is 17.9 Å². The molecule has 9 nitrogen and oxygen atoms in total. The maximum Gasteiger partial charge on any atom is 0.243 e. The molecule has 0 bridgehead atoms. The largest absolute Gasteiger partial charge is 0.355 e. The van der Waals surface area contributed by atoms with Crippen molar-refractivity contribution >= 4 is 11.8 Å². The van der Waals surface area contributed by atoms with E-state index in [4.69, 9.17) is 5.21 Å². The zero-order valence-corrected chi connectivity index (χ0v) is 14.4. The number of nitro groups is 1. The molecule has 1 heterocycles. The standard InChI is InChI=1S/C17H24N4O5/c22-15(20-24)9-5-2-6-10-18-17(23)13-11-14(21(25)26)16(19-13)12-7-3-1-4-8-12/h1,3-4,7-8,13-14,16,19,24H,2,5-6,9-11H2,(H,18,23)(H,20,22). The first-order chi connectivity index (χ1) is 12.5. The molecule has 1 aromatic rings. The number of hydrogen-bond acceptors (Lipinski definition) is 6. The molecular weight excluding hydrogens is 340 g/mol. The van der Waals surface area contributed by atoms with Crippen LogP contribution in [0.2, 0.25) is 0 Å². The summed E-state index contributed by atoms with van der Waals surface area (Å²) in [6, 6.07) is 7.18. The van der Waals surface area contributed by atoms with Gasteiger partial charge in [0, 0.05) is 24.3 Å². The van der Waals surface area contributed by atoms with Crippen molar-refractivity contribution in [1.82, 2.24) is 16.1 Å². The first-order valence-electron chi connectivity index (χ1n) is 8.68. The minimum absolute atomic E-state index is 0.148. The second-order valence-corrected chi connectivity index (χ2v) is 6.33. The summed E-state index contributed by atoms with van der Waals surface area (Å²) >= 11 is 0. The van der Waals surface area contributed by atoms with E-state index in [1.807, 2.05) is 30.3 Å². The number of hydroxylamine groups is 1. The highest BCUT2D eigenvalue weighted by Gasteiger charge is 2.45. The Hall–Kier alpha value is -2.52. The van der Waals surface area contributed by atoms with Crippen LogP contribution in [0.25, 0.3) is 0 Å². The third kappa shape index (κ3) is 5.50. The highest BCUT2D eigenvalue weighted by molar-refractivity contribution is 5.82. The Labute approximate surface area is 151 Å². The van der Waals surface area contributed by atoms with E-state index in [1.165, 1.54) is 0 Å². The number of hydrogen-bond donors (Lipinski definition) is 4. The number of unbranched alkanes of at least 4 members (excludes halogenated alkanes) is 2. The van der Waals surface area contributed by atoms with E-state index in [0.717, 1.165) is 12.0 Å². The van der Waals surface area contributed by atoms with Crippen LogP contribution < -0.4 is 16.1 Å². The van der Waals surface area contributed by atoms with Gasteiger partial charge < -0.3 is 5.32 Å². The number of rotatable bonds is 9. The van der Waals surface area contributed by atoms with E-state index < -0.39 is 24.0 Å². The molecule has 0 radical (unpaired) electrons. The van der Waals surface area contributed by atoms with Crippen LogP contribution in [0.4, 0.5) is 0 Å². The number of benzene rings is 1. The lowest BCUT2D eigenvalue weighted by Crippen LogP contribution is -2.41. The quantitative estimate of drug-likeness (QED) is 0.223. The maximum atomic E-state index is 12.3. The lowest BCUT2D eigenvalue weighted by molar-refractivity contribution is -0.524. The van der Waals surface area contributed by atoms with Crippen LogP contribution in [0.3, 0.4) is 0 Å². The third-order valence-electron chi connectivity index (χ3n) is 4.49. The predicted molar refractivity (Wildman–Crippen MR) is 92.9 cm³/mol. The van der Waals surface area contributed by atoms with E-state index in [2.05, 4.69) is 10.6 Å². The first-order valence-corrected chi connectivity index (χ1v) is 8.68. The van der Waals surface area contributed by atoms with Gasteiger partial charge in [0.1, 0.15) is 6.04 Å². The SMILES string of the molecule is O=C(CCCCCNC(=O)C1CC([N+](=O)[O-])C(c2ccccc2)N1)NO. The van der Waals surface area contributed by atoms with Crippen molar-refractivity contribution in [3.05, 3.63) is 46.0 Å². The topological polar surface area (TPSA) is 134 Å². The Kier molecular flexibility index (Phi) is 7.49. The molecule has 1 saturated heterocycles. The van der Waals surface area contributed by atoms with Crippen molar-refractivity contribution in [2.75, 3.05) is 6.54 Å². The fourth-order valence-corrected chi connectivity index (χ4v) is 3.12. The van der Waals surface area contributed by atoms with Crippen molar-refractivity contribution in [3.63, 3.8) is 0 Å². The molecule has 4 N–H and O–H groups in total. The Morgan fingerprint density at radius 1 is 1.23 bits per heavy atom. The van der Waals surface area contributed by atoms with Gasteiger partial charge >= 0.3 is 0 Å². The zero-order chi connectivity index (χ0) is 18.9. The minimum Gasteiger partial charge on any atom is -0.355 e. The fraction of sp³-hybridized carbons (Fsp3) is 0.529. The molecule has 1 aliphatic rings. The number of amides is 2. The van der Waals surface area contributed by atoms with Crippen molar-refractivity contribution in [3.8, 4) is 0 Å². The molecule has 142 valence electrons. The van der Waals surface area contributed by atoms with E-state index >= 15 is 0 Å². The smallest absolute Gasteiger partial charge is 0.243 e. The molecule has 0 saturated carbocycles. The van der Waals surface area contributed by atoms with Gasteiger partial charge in [-0.15, -0.1) is 0 Å². The monoisotopic (exact) mass is 364 g/mol. The van der Waals surface area contributed by atoms with Crippen molar-refractivity contribution in [2.24, 2.45) is 0 Å². The Bertz CT molecular complexity index is 625. The number of carbonyl (C=O) groups is 2. The highest BCUT2D eigenvalue weighted by Crippen LogP contribution is 2.29. The van der Waals surface area contributed by atoms with Gasteiger partial charge in [-0.3, -0.25) is 30.2 Å². The van der Waals surface area contributed by atoms with Crippen LogP contribution in [0.5, 0.6) is 0 Å². The molecule has 26 heavy (non-hydrogen) atoms. The zero-order valence-electron chi connectivity index (χ0n) is 14.4. The van der Waals surface area contributed by atoms with Crippen molar-refractivity contribution in [2.45, 2.75) is 50.2 Å². The normalized spacial score (nSPS) is 22.0. The predicted octanol–water partition coefficient (Wildman–Crippen LogP) is 0.917. The van der Waals surface area contributed by atoms with Gasteiger partial charge in [-0.2, -0.15) is 0 Å². The van der Waals surface area contributed by atoms with Crippen LogP contribution in [0.15, 0.2) is 30.3 Å². The molecule has 3 unspecified atom stereocenters. The van der Waals surface area contributed by atoms with Gasteiger partial charge in [-0.1, -0.05) is 36.8 Å². The van der Waals surface area contributed by atoms with E-state index in [-0.39, 0.29) is 23.7 Å². The second kappa shape index (κ2) is 9.83. The van der Waals surface area contributed by atoms with Gasteiger partial charge in [-0.05, 0) is 18.4 Å². The molecular formula is C17H24N4O5. The molecule has 1 fully saturated rings. The minimum atomic E-state index is -0.842. The maximum absolute atomic E-state index is 12.3. The average molecular weight is 364 g/mol. The Morgan fingerprint density at radius 3 is 2.62 bits per heavy atom. The van der Waals surface area contributed by atoms with Gasteiger partial charge in [-0.25, -0.2) is 5.48 Å². The lowest BCUT2D eigenvalue weighted by Gasteiger charge is -2.14. The summed E-state index contributed by atoms with van der Waals surface area (Å²) in [5, 5.41) is 25.6. The van der Waals surface area contributed by atoms with Gasteiger partial charge in [0.15, 0.2) is 0 Å². The van der Waals surface area contributed by atoms with Crippen LogP contribution in [0.1, 0.15) is 43.7 Å². The molecule has 2 amide bonds. The van der Waals surface area contributed by atoms with Gasteiger partial charge in [0.05, 0.1) is 6.04 Å². The molecule has 9 heteroatoms. The van der Waals surface area contributed by atoms with E-state index in [9.17, 15) is 19.7 Å². The van der Waals surface area contributed by atoms with Crippen LogP contribution in [0, 0.1) is 10.1 Å². The van der Waals surface area contributed by atoms with Crippen molar-refractivity contribution < 1.29 is 19.7 Å². The Balaban J connectivity index is 1.79. The van der Waals surface area contributed by atoms with Crippen molar-refractivity contribution in [1.29, 1.82) is 0 Å². The van der Waals surface area contributed by atoms with Crippen LogP contribution in [-0.4, -0.2) is 40.6 Å². The number of nitrogens with zero attached hydrogens (tertiary/aromatic N) is 1. The third-order valence-corrected chi connectivity index (χ3v) is 4.49.